The molecular formula is C76H70BN3O2. The summed E-state index contributed by atoms with van der Waals surface area (Å²) in [5.74, 6) is 0. The molecule has 0 fully saturated rings. The number of hydrogen-bond donors (Lipinski definition) is 0. The van der Waals surface area contributed by atoms with Gasteiger partial charge in [-0.3, -0.25) is 0 Å². The van der Waals surface area contributed by atoms with E-state index in [1.807, 2.05) is 0 Å². The van der Waals surface area contributed by atoms with Crippen molar-refractivity contribution in [3.05, 3.63) is 229 Å². The Balaban J connectivity index is 1.13. The summed E-state index contributed by atoms with van der Waals surface area (Å²) < 4.78 is 14.2. The van der Waals surface area contributed by atoms with E-state index in [1.165, 1.54) is 44.3 Å². The molecule has 0 amide bonds. The fraction of sp³-hybridized carbons (Fsp3) is 0.211. The van der Waals surface area contributed by atoms with E-state index in [2.05, 4.69) is 304 Å². The van der Waals surface area contributed by atoms with E-state index in [0.717, 1.165) is 101 Å². The van der Waals surface area contributed by atoms with Crippen molar-refractivity contribution < 1.29 is 8.83 Å². The summed E-state index contributed by atoms with van der Waals surface area (Å²) in [4.78, 5) is 7.56. The Kier molecular flexibility index (Phi) is 11.5. The van der Waals surface area contributed by atoms with Gasteiger partial charge < -0.3 is 23.5 Å². The third-order valence-electron chi connectivity index (χ3n) is 17.4. The molecule has 0 unspecified atom stereocenters. The lowest BCUT2D eigenvalue weighted by molar-refractivity contribution is 0.573. The molecule has 0 saturated heterocycles. The Morgan fingerprint density at radius 2 is 0.878 bits per heavy atom. The number of para-hydroxylation sites is 6. The molecule has 0 radical (unpaired) electrons. The standard InChI is InChI=1S/C76H70BN3O2/c1-73(2,3)47-35-39-51(40-36-47)79-63-41-37-48(74(4,5)6)43-60(63)77-61-44-49(75(7,8)9)38-42-64(61)80(62-32-18-16-25-53(62)55-27-20-28-57-58-29-21-31-59(76(10,11)12)71(58)82-70(55)57)67-46-52(45-66(79)69(67)77)78(50-23-14-13-15-24-50)65-33-22-30-56-54-26-17-19-34-68(54)81-72(56)65/h13-46H,1-12H3. The molecule has 12 aromatic rings. The highest BCUT2D eigenvalue weighted by Gasteiger charge is 2.45. The molecular weight excluding hydrogens is 998 g/mol. The molecule has 0 atom stereocenters. The van der Waals surface area contributed by atoms with Crippen molar-refractivity contribution in [2.45, 2.75) is 105 Å². The number of nitrogens with zero attached hydrogens (tertiary/aromatic N) is 3. The Labute approximate surface area is 483 Å². The molecule has 0 spiro atoms. The van der Waals surface area contributed by atoms with Crippen LogP contribution in [0.5, 0.6) is 0 Å². The van der Waals surface area contributed by atoms with Crippen LogP contribution in [0.3, 0.4) is 0 Å². The van der Waals surface area contributed by atoms with Crippen molar-refractivity contribution in [1.29, 1.82) is 0 Å². The van der Waals surface area contributed by atoms with Crippen molar-refractivity contribution in [3.8, 4) is 11.1 Å². The molecule has 6 heteroatoms. The Morgan fingerprint density at radius 3 is 1.54 bits per heavy atom. The van der Waals surface area contributed by atoms with Gasteiger partial charge in [0.15, 0.2) is 5.58 Å². The molecule has 10 aromatic carbocycles. The first-order chi connectivity index (χ1) is 39.2. The van der Waals surface area contributed by atoms with E-state index in [1.54, 1.807) is 0 Å². The monoisotopic (exact) mass is 1070 g/mol. The maximum atomic E-state index is 7.23. The summed E-state index contributed by atoms with van der Waals surface area (Å²) in [6.07, 6.45) is 0. The first kappa shape index (κ1) is 51.4. The molecule has 404 valence electrons. The molecule has 0 bridgehead atoms. The lowest BCUT2D eigenvalue weighted by Gasteiger charge is -2.46. The zero-order valence-corrected chi connectivity index (χ0v) is 49.4. The quantitative estimate of drug-likeness (QED) is 0.155. The number of anilines is 9. The van der Waals surface area contributed by atoms with Crippen molar-refractivity contribution in [2.75, 3.05) is 14.7 Å². The molecule has 0 aliphatic carbocycles. The summed E-state index contributed by atoms with van der Waals surface area (Å²) in [6, 6.07) is 77.0. The zero-order chi connectivity index (χ0) is 56.8. The van der Waals surface area contributed by atoms with Gasteiger partial charge in [0.05, 0.1) is 17.1 Å². The topological polar surface area (TPSA) is 36.0 Å². The van der Waals surface area contributed by atoms with Crippen LogP contribution in [-0.4, -0.2) is 6.71 Å². The number of furan rings is 2. The predicted octanol–water partition coefficient (Wildman–Crippen LogP) is 19.9. The Morgan fingerprint density at radius 1 is 0.354 bits per heavy atom. The third-order valence-corrected chi connectivity index (χ3v) is 17.4. The van der Waals surface area contributed by atoms with Gasteiger partial charge in [0.2, 0.25) is 0 Å². The fourth-order valence-corrected chi connectivity index (χ4v) is 13.1. The molecule has 82 heavy (non-hydrogen) atoms. The zero-order valence-electron chi connectivity index (χ0n) is 49.4. The van der Waals surface area contributed by atoms with Crippen LogP contribution in [0.1, 0.15) is 105 Å². The van der Waals surface area contributed by atoms with Crippen LogP contribution < -0.4 is 31.1 Å². The highest BCUT2D eigenvalue weighted by atomic mass is 16.3. The molecule has 2 aromatic heterocycles. The van der Waals surface area contributed by atoms with Crippen molar-refractivity contribution in [1.82, 2.24) is 0 Å². The average molecular weight is 1070 g/mol. The summed E-state index contributed by atoms with van der Waals surface area (Å²) in [5, 5.41) is 4.41. The van der Waals surface area contributed by atoms with Gasteiger partial charge in [-0.05, 0) is 121 Å². The summed E-state index contributed by atoms with van der Waals surface area (Å²) >= 11 is 0. The van der Waals surface area contributed by atoms with Crippen LogP contribution in [0.15, 0.2) is 215 Å². The SMILES string of the molecule is CC(C)(C)c1ccc(N2c3ccc(C(C)(C)C)cc3B3c4cc(C(C)(C)C)ccc4N(c4ccccc4-c4cccc5c4oc4c(C(C)(C)C)cccc45)c4cc(N(c5ccccc5)c5cccc6c5oc5ccccc56)cc2c43)cc1. The number of hydrogen-bond acceptors (Lipinski definition) is 5. The van der Waals surface area contributed by atoms with Gasteiger partial charge >= 0.3 is 0 Å². The van der Waals surface area contributed by atoms with E-state index < -0.39 is 0 Å². The second-order valence-electron chi connectivity index (χ2n) is 27.0. The van der Waals surface area contributed by atoms with Crippen LogP contribution in [0, 0.1) is 0 Å². The fourth-order valence-electron chi connectivity index (χ4n) is 13.1. The van der Waals surface area contributed by atoms with E-state index in [0.29, 0.717) is 0 Å². The molecule has 14 rings (SSSR count). The minimum Gasteiger partial charge on any atom is -0.455 e. The van der Waals surface area contributed by atoms with Crippen LogP contribution >= 0.6 is 0 Å². The van der Waals surface area contributed by atoms with Gasteiger partial charge in [-0.25, -0.2) is 0 Å². The predicted molar refractivity (Wildman–Crippen MR) is 350 cm³/mol. The summed E-state index contributed by atoms with van der Waals surface area (Å²) in [6.45, 7) is 27.6. The highest BCUT2D eigenvalue weighted by Crippen LogP contribution is 2.52. The number of fused-ring (bicyclic) bond motifs is 10. The number of benzene rings is 10. The van der Waals surface area contributed by atoms with E-state index in [9.17, 15) is 0 Å². The second kappa shape index (κ2) is 18.4. The van der Waals surface area contributed by atoms with Gasteiger partial charge in [0.25, 0.3) is 6.71 Å². The molecule has 2 aliphatic rings. The van der Waals surface area contributed by atoms with Crippen LogP contribution in [0.2, 0.25) is 0 Å². The normalized spacial score (nSPS) is 13.5. The first-order valence-electron chi connectivity index (χ1n) is 29.2. The lowest BCUT2D eigenvalue weighted by Crippen LogP contribution is -2.61. The van der Waals surface area contributed by atoms with Gasteiger partial charge in [0, 0.05) is 72.4 Å². The molecule has 0 saturated carbocycles. The van der Waals surface area contributed by atoms with Crippen molar-refractivity contribution in [3.63, 3.8) is 0 Å². The first-order valence-corrected chi connectivity index (χ1v) is 29.2. The molecule has 0 N–H and O–H groups in total. The lowest BCUT2D eigenvalue weighted by atomic mass is 9.33. The van der Waals surface area contributed by atoms with Gasteiger partial charge in [-0.15, -0.1) is 0 Å². The van der Waals surface area contributed by atoms with Gasteiger partial charge in [-0.2, -0.15) is 0 Å². The minimum absolute atomic E-state index is 0.0259. The summed E-state index contributed by atoms with van der Waals surface area (Å²) in [7, 11) is 0. The Hall–Kier alpha value is -8.74. The van der Waals surface area contributed by atoms with Crippen LogP contribution in [-0.2, 0) is 21.7 Å². The van der Waals surface area contributed by atoms with Gasteiger partial charge in [0.1, 0.15) is 16.7 Å². The van der Waals surface area contributed by atoms with Crippen LogP contribution in [0.4, 0.5) is 51.2 Å². The maximum absolute atomic E-state index is 7.23. The minimum atomic E-state index is -0.124. The third kappa shape index (κ3) is 8.19. The highest BCUT2D eigenvalue weighted by molar-refractivity contribution is 7.00. The summed E-state index contributed by atoms with van der Waals surface area (Å²) in [5.41, 5.74) is 23.9. The van der Waals surface area contributed by atoms with E-state index >= 15 is 0 Å². The van der Waals surface area contributed by atoms with Crippen molar-refractivity contribution >= 4 is 118 Å². The van der Waals surface area contributed by atoms with E-state index in [4.69, 9.17) is 8.83 Å². The van der Waals surface area contributed by atoms with Crippen LogP contribution in [0.25, 0.3) is 55.0 Å². The van der Waals surface area contributed by atoms with Gasteiger partial charge in [-0.1, -0.05) is 223 Å². The average Bonchev–Trinajstić information content (AvgIpc) is 1.69. The Bertz CT molecular complexity index is 4520. The second-order valence-corrected chi connectivity index (χ2v) is 27.0. The van der Waals surface area contributed by atoms with Crippen molar-refractivity contribution in [2.24, 2.45) is 0 Å². The largest absolute Gasteiger partial charge is 0.455 e. The maximum Gasteiger partial charge on any atom is 0.252 e. The van der Waals surface area contributed by atoms with E-state index in [-0.39, 0.29) is 28.4 Å². The molecule has 2 aliphatic heterocycles. The molecule has 5 nitrogen and oxygen atoms in total. The molecule has 4 heterocycles. The number of rotatable bonds is 6. The smallest absolute Gasteiger partial charge is 0.252 e.